The second-order valence-electron chi connectivity index (χ2n) is 6.33. The third-order valence-electron chi connectivity index (χ3n) is 4.93. The molecule has 110 valence electrons. The van der Waals surface area contributed by atoms with Gasteiger partial charge in [-0.2, -0.15) is 0 Å². The van der Waals surface area contributed by atoms with Gasteiger partial charge in [0.2, 0.25) is 5.91 Å². The zero-order valence-electron chi connectivity index (χ0n) is 12.3. The topological polar surface area (TPSA) is 55.6 Å². The standard InChI is InChI=1S/C15H28N2O2/c1-11-13(4-3-5-14(11)16)15(18)17(2)10-12-6-8-19-9-7-12/h11-14H,3-10,16H2,1-2H3. The Morgan fingerprint density at radius 1 is 1.26 bits per heavy atom. The van der Waals surface area contributed by atoms with E-state index in [-0.39, 0.29) is 12.0 Å². The Hall–Kier alpha value is -0.610. The molecule has 4 heteroatoms. The highest BCUT2D eigenvalue weighted by atomic mass is 16.5. The summed E-state index contributed by atoms with van der Waals surface area (Å²) >= 11 is 0. The molecule has 1 aliphatic heterocycles. The Labute approximate surface area is 116 Å². The summed E-state index contributed by atoms with van der Waals surface area (Å²) in [7, 11) is 1.95. The van der Waals surface area contributed by atoms with E-state index in [1.807, 2.05) is 11.9 Å². The third-order valence-corrected chi connectivity index (χ3v) is 4.93. The van der Waals surface area contributed by atoms with Crippen molar-refractivity contribution in [2.75, 3.05) is 26.8 Å². The van der Waals surface area contributed by atoms with Crippen molar-refractivity contribution in [2.24, 2.45) is 23.5 Å². The maximum Gasteiger partial charge on any atom is 0.225 e. The second-order valence-corrected chi connectivity index (χ2v) is 6.33. The van der Waals surface area contributed by atoms with Crippen molar-refractivity contribution in [1.29, 1.82) is 0 Å². The summed E-state index contributed by atoms with van der Waals surface area (Å²) < 4.78 is 5.37. The molecule has 1 saturated heterocycles. The minimum atomic E-state index is 0.133. The zero-order chi connectivity index (χ0) is 13.8. The van der Waals surface area contributed by atoms with Crippen LogP contribution in [0.4, 0.5) is 0 Å². The number of hydrogen-bond donors (Lipinski definition) is 1. The monoisotopic (exact) mass is 268 g/mol. The quantitative estimate of drug-likeness (QED) is 0.846. The van der Waals surface area contributed by atoms with Gasteiger partial charge in [0, 0.05) is 38.8 Å². The summed E-state index contributed by atoms with van der Waals surface area (Å²) in [6, 6.07) is 0.194. The van der Waals surface area contributed by atoms with Crippen molar-refractivity contribution in [1.82, 2.24) is 4.90 Å². The van der Waals surface area contributed by atoms with Gasteiger partial charge in [0.05, 0.1) is 0 Å². The maximum absolute atomic E-state index is 12.6. The average Bonchev–Trinajstić information content (AvgIpc) is 2.42. The lowest BCUT2D eigenvalue weighted by Crippen LogP contribution is -2.46. The molecular weight excluding hydrogens is 240 g/mol. The molecule has 2 rings (SSSR count). The minimum absolute atomic E-state index is 0.133. The van der Waals surface area contributed by atoms with Crippen LogP contribution in [0.2, 0.25) is 0 Å². The molecule has 2 aliphatic rings. The van der Waals surface area contributed by atoms with Gasteiger partial charge >= 0.3 is 0 Å². The Morgan fingerprint density at radius 2 is 1.95 bits per heavy atom. The number of amides is 1. The normalized spacial score (nSPS) is 33.1. The van der Waals surface area contributed by atoms with Gasteiger partial charge in [0.1, 0.15) is 0 Å². The van der Waals surface area contributed by atoms with Crippen molar-refractivity contribution in [2.45, 2.75) is 45.1 Å². The molecule has 0 radical (unpaired) electrons. The van der Waals surface area contributed by atoms with E-state index >= 15 is 0 Å². The van der Waals surface area contributed by atoms with Gasteiger partial charge in [-0.15, -0.1) is 0 Å². The average molecular weight is 268 g/mol. The fraction of sp³-hybridized carbons (Fsp3) is 0.933. The molecule has 0 bridgehead atoms. The highest BCUT2D eigenvalue weighted by Gasteiger charge is 2.34. The first-order valence-corrected chi connectivity index (χ1v) is 7.68. The van der Waals surface area contributed by atoms with Crippen LogP contribution < -0.4 is 5.73 Å². The Morgan fingerprint density at radius 3 is 2.63 bits per heavy atom. The first-order valence-electron chi connectivity index (χ1n) is 7.68. The van der Waals surface area contributed by atoms with Crippen LogP contribution in [0.5, 0.6) is 0 Å². The molecule has 19 heavy (non-hydrogen) atoms. The van der Waals surface area contributed by atoms with Crippen LogP contribution in [0.15, 0.2) is 0 Å². The summed E-state index contributed by atoms with van der Waals surface area (Å²) in [4.78, 5) is 14.5. The molecule has 3 atom stereocenters. The fourth-order valence-corrected chi connectivity index (χ4v) is 3.44. The molecular formula is C15H28N2O2. The Bertz CT molecular complexity index is 303. The van der Waals surface area contributed by atoms with E-state index in [0.717, 1.165) is 51.9 Å². The second kappa shape index (κ2) is 6.71. The van der Waals surface area contributed by atoms with Crippen molar-refractivity contribution in [3.8, 4) is 0 Å². The van der Waals surface area contributed by atoms with Gasteiger partial charge in [-0.05, 0) is 37.5 Å². The van der Waals surface area contributed by atoms with Gasteiger partial charge in [-0.3, -0.25) is 4.79 Å². The number of nitrogens with two attached hydrogens (primary N) is 1. The molecule has 1 amide bonds. The van der Waals surface area contributed by atoms with E-state index in [1.54, 1.807) is 0 Å². The lowest BCUT2D eigenvalue weighted by molar-refractivity contribution is -0.138. The van der Waals surface area contributed by atoms with Crippen LogP contribution in [-0.4, -0.2) is 43.7 Å². The molecule has 1 saturated carbocycles. The molecule has 1 aliphatic carbocycles. The Kier molecular flexibility index (Phi) is 5.22. The van der Waals surface area contributed by atoms with Gasteiger partial charge in [0.25, 0.3) is 0 Å². The molecule has 0 spiro atoms. The number of hydrogen-bond acceptors (Lipinski definition) is 3. The van der Waals surface area contributed by atoms with E-state index in [1.165, 1.54) is 0 Å². The number of nitrogens with zero attached hydrogens (tertiary/aromatic N) is 1. The predicted octanol–water partition coefficient (Wildman–Crippen LogP) is 1.63. The number of carbonyl (C=O) groups excluding carboxylic acids is 1. The van der Waals surface area contributed by atoms with E-state index in [4.69, 9.17) is 10.5 Å². The van der Waals surface area contributed by atoms with Crippen molar-refractivity contribution >= 4 is 5.91 Å². The molecule has 2 N–H and O–H groups in total. The van der Waals surface area contributed by atoms with Crippen molar-refractivity contribution < 1.29 is 9.53 Å². The maximum atomic E-state index is 12.6. The third kappa shape index (κ3) is 3.69. The molecule has 0 aromatic heterocycles. The molecule has 3 unspecified atom stereocenters. The van der Waals surface area contributed by atoms with Crippen LogP contribution in [0.25, 0.3) is 0 Å². The first kappa shape index (κ1) is 14.8. The lowest BCUT2D eigenvalue weighted by atomic mass is 9.76. The van der Waals surface area contributed by atoms with E-state index in [0.29, 0.717) is 17.7 Å². The van der Waals surface area contributed by atoms with Gasteiger partial charge in [-0.25, -0.2) is 0 Å². The van der Waals surface area contributed by atoms with Gasteiger partial charge in [-0.1, -0.05) is 13.3 Å². The summed E-state index contributed by atoms with van der Waals surface area (Å²) in [5, 5.41) is 0. The van der Waals surface area contributed by atoms with Crippen LogP contribution in [0.3, 0.4) is 0 Å². The molecule has 2 fully saturated rings. The number of ether oxygens (including phenoxy) is 1. The van der Waals surface area contributed by atoms with Crippen molar-refractivity contribution in [3.63, 3.8) is 0 Å². The highest BCUT2D eigenvalue weighted by molar-refractivity contribution is 5.79. The first-order chi connectivity index (χ1) is 9.09. The predicted molar refractivity (Wildman–Crippen MR) is 75.7 cm³/mol. The van der Waals surface area contributed by atoms with E-state index in [9.17, 15) is 4.79 Å². The fourth-order valence-electron chi connectivity index (χ4n) is 3.44. The summed E-state index contributed by atoms with van der Waals surface area (Å²) in [6.07, 6.45) is 5.32. The molecule has 4 nitrogen and oxygen atoms in total. The van der Waals surface area contributed by atoms with Crippen LogP contribution in [-0.2, 0) is 9.53 Å². The largest absolute Gasteiger partial charge is 0.381 e. The van der Waals surface area contributed by atoms with Gasteiger partial charge in [0.15, 0.2) is 0 Å². The van der Waals surface area contributed by atoms with E-state index < -0.39 is 0 Å². The summed E-state index contributed by atoms with van der Waals surface area (Å²) in [6.45, 7) is 4.70. The smallest absolute Gasteiger partial charge is 0.225 e. The minimum Gasteiger partial charge on any atom is -0.381 e. The number of carbonyl (C=O) groups is 1. The molecule has 0 aromatic rings. The van der Waals surface area contributed by atoms with Crippen molar-refractivity contribution in [3.05, 3.63) is 0 Å². The van der Waals surface area contributed by atoms with Crippen LogP contribution >= 0.6 is 0 Å². The summed E-state index contributed by atoms with van der Waals surface area (Å²) in [5.74, 6) is 1.36. The Balaban J connectivity index is 1.86. The zero-order valence-corrected chi connectivity index (χ0v) is 12.3. The van der Waals surface area contributed by atoms with Crippen LogP contribution in [0, 0.1) is 17.8 Å². The SMILES string of the molecule is CC1C(N)CCCC1C(=O)N(C)CC1CCOCC1. The van der Waals surface area contributed by atoms with E-state index in [2.05, 4.69) is 6.92 Å². The van der Waals surface area contributed by atoms with Gasteiger partial charge < -0.3 is 15.4 Å². The molecule has 1 heterocycles. The molecule has 0 aromatic carbocycles. The summed E-state index contributed by atoms with van der Waals surface area (Å²) in [5.41, 5.74) is 6.10. The number of rotatable bonds is 3. The highest BCUT2D eigenvalue weighted by Crippen LogP contribution is 2.30. The lowest BCUT2D eigenvalue weighted by Gasteiger charge is -2.36. The van der Waals surface area contributed by atoms with Crippen LogP contribution in [0.1, 0.15) is 39.0 Å².